The van der Waals surface area contributed by atoms with Crippen molar-refractivity contribution in [2.24, 2.45) is 0 Å². The maximum atomic E-state index is 13.0. The molecule has 1 heterocycles. The fraction of sp³-hybridized carbons (Fsp3) is 0.556. The van der Waals surface area contributed by atoms with Crippen LogP contribution in [-0.4, -0.2) is 74.4 Å². The summed E-state index contributed by atoms with van der Waals surface area (Å²) in [6.07, 6.45) is -0.805. The Balaban J connectivity index is 2.24. The number of carbonyl (C=O) groups is 2. The minimum absolute atomic E-state index is 0.122. The molecule has 0 saturated carbocycles. The average molecular weight is 366 g/mol. The predicted molar refractivity (Wildman–Crippen MR) is 98.9 cm³/mol. The van der Waals surface area contributed by atoms with Crippen molar-refractivity contribution in [3.8, 4) is 5.75 Å². The van der Waals surface area contributed by atoms with Crippen LogP contribution in [0.1, 0.15) is 17.7 Å². The minimum Gasteiger partial charge on any atom is -0.497 e. The number of likely N-dealkylation sites (N-methyl/N-ethyl adjacent to an activating group) is 1. The highest BCUT2D eigenvalue weighted by Gasteiger charge is 2.38. The number of carbonyl (C=O) groups excluding carboxylic acids is 2. The van der Waals surface area contributed by atoms with E-state index in [0.717, 1.165) is 23.6 Å². The standard InChI is InChI=1S/C18H26N2O4S/c1-13(21)24-16-17(14-5-7-15(23-4)8-6-14)25-12-11-20(18(16)22)10-9-19(2)3/h5-8,16-17H,9-12H2,1-4H3/t16-,17+/m1/s1. The minimum atomic E-state index is -0.805. The molecule has 0 radical (unpaired) electrons. The zero-order chi connectivity index (χ0) is 18.4. The van der Waals surface area contributed by atoms with Gasteiger partial charge in [0.05, 0.1) is 12.4 Å². The molecule has 1 amide bonds. The average Bonchev–Trinajstić information content (AvgIpc) is 2.73. The SMILES string of the molecule is COc1ccc([C@@H]2SCCN(CCN(C)C)C(=O)[C@@H]2OC(C)=O)cc1. The van der Waals surface area contributed by atoms with Gasteiger partial charge in [0.2, 0.25) is 0 Å². The first-order chi connectivity index (χ1) is 11.9. The lowest BCUT2D eigenvalue weighted by molar-refractivity contribution is -0.158. The van der Waals surface area contributed by atoms with Crippen LogP contribution < -0.4 is 4.74 Å². The first-order valence-corrected chi connectivity index (χ1v) is 9.33. The molecule has 1 fully saturated rings. The second kappa shape index (κ2) is 9.10. The van der Waals surface area contributed by atoms with E-state index in [1.54, 1.807) is 23.8 Å². The van der Waals surface area contributed by atoms with Gasteiger partial charge in [0.15, 0.2) is 6.10 Å². The van der Waals surface area contributed by atoms with E-state index in [2.05, 4.69) is 0 Å². The van der Waals surface area contributed by atoms with Gasteiger partial charge in [0.1, 0.15) is 5.75 Å². The second-order valence-corrected chi connectivity index (χ2v) is 7.47. The summed E-state index contributed by atoms with van der Waals surface area (Å²) in [7, 11) is 5.56. The first-order valence-electron chi connectivity index (χ1n) is 8.28. The van der Waals surface area contributed by atoms with Gasteiger partial charge in [0, 0.05) is 32.3 Å². The quantitative estimate of drug-likeness (QED) is 0.716. The van der Waals surface area contributed by atoms with Crippen LogP contribution in [0.4, 0.5) is 0 Å². The fourth-order valence-corrected chi connectivity index (χ4v) is 3.97. The van der Waals surface area contributed by atoms with Crippen LogP contribution in [0.3, 0.4) is 0 Å². The van der Waals surface area contributed by atoms with Crippen molar-refractivity contribution in [2.75, 3.05) is 46.6 Å². The van der Waals surface area contributed by atoms with Gasteiger partial charge in [0.25, 0.3) is 5.91 Å². The van der Waals surface area contributed by atoms with E-state index in [4.69, 9.17) is 9.47 Å². The van der Waals surface area contributed by atoms with Gasteiger partial charge >= 0.3 is 5.97 Å². The van der Waals surface area contributed by atoms with Crippen LogP contribution in [0.15, 0.2) is 24.3 Å². The number of rotatable bonds is 6. The molecule has 6 nitrogen and oxygen atoms in total. The highest BCUT2D eigenvalue weighted by Crippen LogP contribution is 2.37. The van der Waals surface area contributed by atoms with Gasteiger partial charge in [-0.2, -0.15) is 0 Å². The lowest BCUT2D eigenvalue weighted by Crippen LogP contribution is -2.44. The van der Waals surface area contributed by atoms with Gasteiger partial charge in [-0.25, -0.2) is 0 Å². The van der Waals surface area contributed by atoms with Gasteiger partial charge in [-0.15, -0.1) is 11.8 Å². The molecule has 7 heteroatoms. The van der Waals surface area contributed by atoms with E-state index in [9.17, 15) is 9.59 Å². The Kier molecular flexibility index (Phi) is 7.13. The number of methoxy groups -OCH3 is 1. The highest BCUT2D eigenvalue weighted by atomic mass is 32.2. The van der Waals surface area contributed by atoms with Crippen LogP contribution >= 0.6 is 11.8 Å². The van der Waals surface area contributed by atoms with Crippen LogP contribution in [0.25, 0.3) is 0 Å². The van der Waals surface area contributed by atoms with Crippen molar-refractivity contribution in [3.05, 3.63) is 29.8 Å². The van der Waals surface area contributed by atoms with Gasteiger partial charge < -0.3 is 19.3 Å². The topological polar surface area (TPSA) is 59.1 Å². The fourth-order valence-electron chi connectivity index (χ4n) is 2.70. The monoisotopic (exact) mass is 366 g/mol. The normalized spacial score (nSPS) is 21.2. The molecule has 0 spiro atoms. The van der Waals surface area contributed by atoms with E-state index in [1.807, 2.05) is 43.3 Å². The van der Waals surface area contributed by atoms with Crippen LogP contribution in [-0.2, 0) is 14.3 Å². The predicted octanol–water partition coefficient (Wildman–Crippen LogP) is 1.80. The number of hydrogen-bond donors (Lipinski definition) is 0. The Labute approximate surface area is 153 Å². The van der Waals surface area contributed by atoms with E-state index in [-0.39, 0.29) is 11.2 Å². The Bertz CT molecular complexity index is 591. The molecule has 1 aliphatic heterocycles. The molecular weight excluding hydrogens is 340 g/mol. The summed E-state index contributed by atoms with van der Waals surface area (Å²) < 4.78 is 10.6. The Hall–Kier alpha value is -1.73. The van der Waals surface area contributed by atoms with Crippen molar-refractivity contribution in [3.63, 3.8) is 0 Å². The molecule has 25 heavy (non-hydrogen) atoms. The van der Waals surface area contributed by atoms with Gasteiger partial charge in [-0.1, -0.05) is 12.1 Å². The number of ether oxygens (including phenoxy) is 2. The van der Waals surface area contributed by atoms with Crippen molar-refractivity contribution in [2.45, 2.75) is 18.3 Å². The summed E-state index contributed by atoms with van der Waals surface area (Å²) in [4.78, 5) is 28.4. The molecule has 0 bridgehead atoms. The third-order valence-electron chi connectivity index (χ3n) is 4.04. The zero-order valence-electron chi connectivity index (χ0n) is 15.2. The van der Waals surface area contributed by atoms with E-state index >= 15 is 0 Å². The third kappa shape index (κ3) is 5.37. The molecule has 1 aromatic carbocycles. The summed E-state index contributed by atoms with van der Waals surface area (Å²) in [5.41, 5.74) is 0.958. The van der Waals surface area contributed by atoms with E-state index < -0.39 is 12.1 Å². The van der Waals surface area contributed by atoms with Crippen molar-refractivity contribution in [1.82, 2.24) is 9.80 Å². The molecule has 2 rings (SSSR count). The molecular formula is C18H26N2O4S. The van der Waals surface area contributed by atoms with Gasteiger partial charge in [-0.3, -0.25) is 9.59 Å². The number of thioether (sulfide) groups is 1. The number of hydrogen-bond acceptors (Lipinski definition) is 6. The summed E-state index contributed by atoms with van der Waals surface area (Å²) >= 11 is 1.65. The molecule has 2 atom stereocenters. The number of esters is 1. The molecule has 0 N–H and O–H groups in total. The summed E-state index contributed by atoms with van der Waals surface area (Å²) in [6, 6.07) is 7.57. The second-order valence-electron chi connectivity index (χ2n) is 6.22. The van der Waals surface area contributed by atoms with Gasteiger partial charge in [-0.05, 0) is 31.8 Å². The van der Waals surface area contributed by atoms with Crippen molar-refractivity contribution >= 4 is 23.6 Å². The number of benzene rings is 1. The van der Waals surface area contributed by atoms with Crippen LogP contribution in [0.5, 0.6) is 5.75 Å². The van der Waals surface area contributed by atoms with Crippen LogP contribution in [0.2, 0.25) is 0 Å². The molecule has 138 valence electrons. The maximum Gasteiger partial charge on any atom is 0.303 e. The zero-order valence-corrected chi connectivity index (χ0v) is 16.0. The third-order valence-corrected chi connectivity index (χ3v) is 5.34. The lowest BCUT2D eigenvalue weighted by atomic mass is 10.1. The smallest absolute Gasteiger partial charge is 0.303 e. The van der Waals surface area contributed by atoms with Crippen molar-refractivity contribution in [1.29, 1.82) is 0 Å². The van der Waals surface area contributed by atoms with Crippen molar-refractivity contribution < 1.29 is 19.1 Å². The maximum absolute atomic E-state index is 13.0. The molecule has 1 aliphatic rings. The molecule has 1 aromatic rings. The molecule has 0 aromatic heterocycles. The first kappa shape index (κ1) is 19.6. The Morgan fingerprint density at radius 2 is 2.00 bits per heavy atom. The summed E-state index contributed by atoms with van der Waals surface area (Å²) in [6.45, 7) is 3.40. The largest absolute Gasteiger partial charge is 0.497 e. The summed E-state index contributed by atoms with van der Waals surface area (Å²) in [5.74, 6) is 0.994. The summed E-state index contributed by atoms with van der Waals surface area (Å²) in [5, 5.41) is -0.216. The molecule has 0 aliphatic carbocycles. The van der Waals surface area contributed by atoms with E-state index in [1.165, 1.54) is 6.92 Å². The van der Waals surface area contributed by atoms with Crippen LogP contribution in [0, 0.1) is 0 Å². The Morgan fingerprint density at radius 1 is 1.32 bits per heavy atom. The number of amides is 1. The number of nitrogens with zero attached hydrogens (tertiary/aromatic N) is 2. The molecule has 0 unspecified atom stereocenters. The molecule has 1 saturated heterocycles. The highest BCUT2D eigenvalue weighted by molar-refractivity contribution is 7.99. The van der Waals surface area contributed by atoms with E-state index in [0.29, 0.717) is 13.1 Å². The Morgan fingerprint density at radius 3 is 2.56 bits per heavy atom. The lowest BCUT2D eigenvalue weighted by Gasteiger charge is -2.27.